The number of hydrogen-bond donors (Lipinski definition) is 0. The van der Waals surface area contributed by atoms with Gasteiger partial charge in [-0.15, -0.1) is 0 Å². The third-order valence-corrected chi connectivity index (χ3v) is 7.41. The molecule has 0 unspecified atom stereocenters. The van der Waals surface area contributed by atoms with Gasteiger partial charge in [0.05, 0.1) is 15.1 Å². The fraction of sp³-hybridized carbons (Fsp3) is 0.241. The summed E-state index contributed by atoms with van der Waals surface area (Å²) >= 11 is 3.20. The van der Waals surface area contributed by atoms with E-state index < -0.39 is 0 Å². The van der Waals surface area contributed by atoms with Crippen LogP contribution in [0.1, 0.15) is 35.6 Å². The van der Waals surface area contributed by atoms with Crippen molar-refractivity contribution in [2.45, 2.75) is 33.3 Å². The van der Waals surface area contributed by atoms with Crippen LogP contribution in [-0.2, 0) is 17.8 Å². The molecule has 0 aliphatic carbocycles. The number of hydrogen-bond acceptors (Lipinski definition) is 5. The predicted octanol–water partition coefficient (Wildman–Crippen LogP) is 7.25. The maximum atomic E-state index is 13.0. The molecule has 2 amide bonds. The Bertz CT molecular complexity index is 1260. The standard InChI is InChI=1S/C29H28INO4S/c1-3-34-25-17-23(16-24(30)27(25)35-19-22-13-11-20(2)12-14-22)18-26-28(32)31(29(33)36-26)15-7-10-21-8-5-4-6-9-21/h4-6,8-9,11-14,16-18H,3,7,10,15,19H2,1-2H3/b26-18+. The second-order valence-electron chi connectivity index (χ2n) is 8.46. The average molecular weight is 614 g/mol. The molecule has 0 aromatic heterocycles. The highest BCUT2D eigenvalue weighted by atomic mass is 127. The molecular formula is C29H28INO4S. The third-order valence-electron chi connectivity index (χ3n) is 5.70. The van der Waals surface area contributed by atoms with Gasteiger partial charge in [-0.25, -0.2) is 0 Å². The largest absolute Gasteiger partial charge is 0.490 e. The second kappa shape index (κ2) is 12.5. The minimum Gasteiger partial charge on any atom is -0.490 e. The number of thioether (sulfide) groups is 1. The van der Waals surface area contributed by atoms with E-state index in [1.54, 1.807) is 6.08 Å². The molecule has 1 heterocycles. The Balaban J connectivity index is 1.46. The first-order valence-corrected chi connectivity index (χ1v) is 13.8. The Morgan fingerprint density at radius 1 is 0.972 bits per heavy atom. The van der Waals surface area contributed by atoms with E-state index in [0.29, 0.717) is 36.2 Å². The van der Waals surface area contributed by atoms with E-state index in [-0.39, 0.29) is 11.1 Å². The number of amides is 2. The quantitative estimate of drug-likeness (QED) is 0.178. The lowest BCUT2D eigenvalue weighted by Crippen LogP contribution is -2.29. The maximum absolute atomic E-state index is 13.0. The number of nitrogens with zero attached hydrogens (tertiary/aromatic N) is 1. The van der Waals surface area contributed by atoms with Gasteiger partial charge in [-0.3, -0.25) is 14.5 Å². The predicted molar refractivity (Wildman–Crippen MR) is 153 cm³/mol. The molecule has 3 aromatic rings. The summed E-state index contributed by atoms with van der Waals surface area (Å²) in [6.07, 6.45) is 3.31. The Kier molecular flexibility index (Phi) is 9.09. The third kappa shape index (κ3) is 6.70. The number of aryl methyl sites for hydroxylation is 2. The highest BCUT2D eigenvalue weighted by Crippen LogP contribution is 2.38. The topological polar surface area (TPSA) is 55.8 Å². The zero-order valence-electron chi connectivity index (χ0n) is 20.3. The smallest absolute Gasteiger partial charge is 0.293 e. The van der Waals surface area contributed by atoms with Crippen molar-refractivity contribution >= 4 is 51.6 Å². The molecule has 186 valence electrons. The summed E-state index contributed by atoms with van der Waals surface area (Å²) in [4.78, 5) is 27.3. The van der Waals surface area contributed by atoms with E-state index in [2.05, 4.69) is 53.8 Å². The lowest BCUT2D eigenvalue weighted by molar-refractivity contribution is -0.122. The van der Waals surface area contributed by atoms with Crippen LogP contribution in [0.15, 0.2) is 71.6 Å². The number of halogens is 1. The first-order valence-electron chi connectivity index (χ1n) is 11.9. The van der Waals surface area contributed by atoms with E-state index in [1.807, 2.05) is 49.4 Å². The molecule has 0 radical (unpaired) electrons. The number of imide groups is 1. The van der Waals surface area contributed by atoms with Gasteiger partial charge in [0.15, 0.2) is 11.5 Å². The molecule has 0 saturated carbocycles. The molecule has 3 aromatic carbocycles. The minimum absolute atomic E-state index is 0.225. The van der Waals surface area contributed by atoms with Gasteiger partial charge in [0, 0.05) is 6.54 Å². The van der Waals surface area contributed by atoms with Crippen LogP contribution < -0.4 is 9.47 Å². The summed E-state index contributed by atoms with van der Waals surface area (Å²) in [5.74, 6) is 1.04. The summed E-state index contributed by atoms with van der Waals surface area (Å²) in [6, 6.07) is 22.1. The Morgan fingerprint density at radius 2 is 1.72 bits per heavy atom. The highest BCUT2D eigenvalue weighted by molar-refractivity contribution is 14.1. The van der Waals surface area contributed by atoms with Gasteiger partial charge < -0.3 is 9.47 Å². The van der Waals surface area contributed by atoms with E-state index in [4.69, 9.17) is 9.47 Å². The lowest BCUT2D eigenvalue weighted by atomic mass is 10.1. The van der Waals surface area contributed by atoms with Crippen molar-refractivity contribution in [2.24, 2.45) is 0 Å². The molecule has 1 aliphatic rings. The molecule has 1 aliphatic heterocycles. The monoisotopic (exact) mass is 613 g/mol. The number of carbonyl (C=O) groups excluding carboxylic acids is 2. The fourth-order valence-electron chi connectivity index (χ4n) is 3.84. The molecule has 1 fully saturated rings. The lowest BCUT2D eigenvalue weighted by Gasteiger charge is -2.15. The van der Waals surface area contributed by atoms with E-state index in [1.165, 1.54) is 16.0 Å². The van der Waals surface area contributed by atoms with Crippen molar-refractivity contribution in [3.8, 4) is 11.5 Å². The molecule has 0 atom stereocenters. The van der Waals surface area contributed by atoms with Crippen molar-refractivity contribution in [1.82, 2.24) is 4.90 Å². The van der Waals surface area contributed by atoms with Crippen molar-refractivity contribution in [1.29, 1.82) is 0 Å². The zero-order valence-corrected chi connectivity index (χ0v) is 23.3. The zero-order chi connectivity index (χ0) is 25.5. The van der Waals surface area contributed by atoms with Gasteiger partial charge in [-0.1, -0.05) is 60.2 Å². The fourth-order valence-corrected chi connectivity index (χ4v) is 5.49. The van der Waals surface area contributed by atoms with E-state index >= 15 is 0 Å². The molecule has 5 nitrogen and oxygen atoms in total. The van der Waals surface area contributed by atoms with Crippen LogP contribution in [0.5, 0.6) is 11.5 Å². The van der Waals surface area contributed by atoms with Gasteiger partial charge in [0.2, 0.25) is 0 Å². The van der Waals surface area contributed by atoms with Crippen LogP contribution in [-0.4, -0.2) is 29.2 Å². The number of benzene rings is 3. The van der Waals surface area contributed by atoms with Crippen LogP contribution >= 0.6 is 34.4 Å². The first kappa shape index (κ1) is 26.3. The van der Waals surface area contributed by atoms with Crippen molar-refractivity contribution in [3.05, 3.63) is 97.5 Å². The van der Waals surface area contributed by atoms with Gasteiger partial charge in [-0.05, 0) is 95.9 Å². The second-order valence-corrected chi connectivity index (χ2v) is 10.6. The SMILES string of the molecule is CCOc1cc(/C=C2/SC(=O)N(CCCc3ccccc3)C2=O)cc(I)c1OCc1ccc(C)cc1. The summed E-state index contributed by atoms with van der Waals surface area (Å²) in [5.41, 5.74) is 4.26. The number of rotatable bonds is 10. The van der Waals surface area contributed by atoms with Gasteiger partial charge in [0.25, 0.3) is 11.1 Å². The number of carbonyl (C=O) groups is 2. The van der Waals surface area contributed by atoms with Gasteiger partial charge in [0.1, 0.15) is 6.61 Å². The molecule has 36 heavy (non-hydrogen) atoms. The van der Waals surface area contributed by atoms with Crippen LogP contribution in [0, 0.1) is 10.5 Å². The molecule has 0 bridgehead atoms. The Hall–Kier alpha value is -2.78. The van der Waals surface area contributed by atoms with Gasteiger partial charge >= 0.3 is 0 Å². The molecule has 0 spiro atoms. The summed E-state index contributed by atoms with van der Waals surface area (Å²) < 4.78 is 12.9. The summed E-state index contributed by atoms with van der Waals surface area (Å²) in [5, 5.41) is -0.225. The van der Waals surface area contributed by atoms with E-state index in [9.17, 15) is 9.59 Å². The number of ether oxygens (including phenoxy) is 2. The summed E-state index contributed by atoms with van der Waals surface area (Å²) in [6.45, 7) is 5.29. The van der Waals surface area contributed by atoms with Gasteiger partial charge in [-0.2, -0.15) is 0 Å². The molecule has 7 heteroatoms. The Morgan fingerprint density at radius 3 is 2.44 bits per heavy atom. The minimum atomic E-state index is -0.245. The molecule has 1 saturated heterocycles. The van der Waals surface area contributed by atoms with Crippen molar-refractivity contribution in [3.63, 3.8) is 0 Å². The maximum Gasteiger partial charge on any atom is 0.293 e. The van der Waals surface area contributed by atoms with Crippen molar-refractivity contribution < 1.29 is 19.1 Å². The Labute approximate surface area is 230 Å². The van der Waals surface area contributed by atoms with Crippen molar-refractivity contribution in [2.75, 3.05) is 13.2 Å². The first-order chi connectivity index (χ1) is 17.4. The molecular weight excluding hydrogens is 585 g/mol. The summed E-state index contributed by atoms with van der Waals surface area (Å²) in [7, 11) is 0. The van der Waals surface area contributed by atoms with E-state index in [0.717, 1.165) is 39.3 Å². The van der Waals surface area contributed by atoms with Crippen LogP contribution in [0.4, 0.5) is 4.79 Å². The average Bonchev–Trinajstić information content (AvgIpc) is 3.13. The van der Waals surface area contributed by atoms with Crippen LogP contribution in [0.3, 0.4) is 0 Å². The molecule has 0 N–H and O–H groups in total. The van der Waals surface area contributed by atoms with Crippen LogP contribution in [0.2, 0.25) is 0 Å². The highest BCUT2D eigenvalue weighted by Gasteiger charge is 2.34. The molecule has 4 rings (SSSR count). The normalized spacial score (nSPS) is 14.5. The van der Waals surface area contributed by atoms with Crippen LogP contribution in [0.25, 0.3) is 6.08 Å².